The van der Waals surface area contributed by atoms with E-state index < -0.39 is 17.7 Å². The fourth-order valence-corrected chi connectivity index (χ4v) is 4.25. The van der Waals surface area contributed by atoms with Gasteiger partial charge in [0.1, 0.15) is 5.76 Å². The zero-order valence-corrected chi connectivity index (χ0v) is 19.0. The van der Waals surface area contributed by atoms with Crippen molar-refractivity contribution in [1.29, 1.82) is 0 Å². The highest BCUT2D eigenvalue weighted by molar-refractivity contribution is 6.46. The monoisotopic (exact) mass is 456 g/mol. The van der Waals surface area contributed by atoms with Gasteiger partial charge in [0.25, 0.3) is 11.7 Å². The summed E-state index contributed by atoms with van der Waals surface area (Å²) in [7, 11) is 0. The van der Waals surface area contributed by atoms with E-state index in [1.54, 1.807) is 17.0 Å². The maximum atomic E-state index is 13.0. The van der Waals surface area contributed by atoms with E-state index in [1.807, 2.05) is 49.4 Å². The number of rotatable bonds is 6. The van der Waals surface area contributed by atoms with Crippen LogP contribution in [0.4, 0.5) is 0 Å². The number of benzene rings is 2. The first kappa shape index (κ1) is 24.0. The van der Waals surface area contributed by atoms with E-state index in [1.165, 1.54) is 0 Å². The van der Waals surface area contributed by atoms with E-state index in [9.17, 15) is 14.7 Å². The standard InChI is InChI=1S/C25H28N2O4.ClH/c1-18-8-10-20(11-9-18)23(28)21-22(19-6-3-2-4-7-19)27(25(30)24(21)29)13-5-12-26-14-16-31-17-15-26;/h2-4,6-11,22,28H,5,12-17H2,1H3;1H/b23-21+;. The number of amides is 1. The molecule has 1 unspecified atom stereocenters. The van der Waals surface area contributed by atoms with Gasteiger partial charge in [-0.15, -0.1) is 12.4 Å². The van der Waals surface area contributed by atoms with E-state index in [4.69, 9.17) is 4.74 Å². The average Bonchev–Trinajstić information content (AvgIpc) is 3.05. The SMILES string of the molecule is Cc1ccc(/C(O)=C2\C(=O)C(=O)N(CCCN3CCOCC3)C2c2ccccc2)cc1.Cl. The first-order chi connectivity index (χ1) is 15.1. The zero-order valence-electron chi connectivity index (χ0n) is 18.2. The summed E-state index contributed by atoms with van der Waals surface area (Å²) >= 11 is 0. The molecule has 0 saturated carbocycles. The van der Waals surface area contributed by atoms with Crippen LogP contribution in [0.2, 0.25) is 0 Å². The molecule has 2 aliphatic heterocycles. The van der Waals surface area contributed by atoms with Gasteiger partial charge in [0.05, 0.1) is 24.8 Å². The van der Waals surface area contributed by atoms with Gasteiger partial charge in [-0.2, -0.15) is 0 Å². The fourth-order valence-electron chi connectivity index (χ4n) is 4.25. The lowest BCUT2D eigenvalue weighted by Gasteiger charge is -2.29. The molecule has 2 fully saturated rings. The number of likely N-dealkylation sites (tertiary alicyclic amines) is 1. The van der Waals surface area contributed by atoms with Gasteiger partial charge in [0.15, 0.2) is 0 Å². The number of hydrogen-bond acceptors (Lipinski definition) is 5. The minimum atomic E-state index is -0.627. The largest absolute Gasteiger partial charge is 0.507 e. The molecule has 2 heterocycles. The van der Waals surface area contributed by atoms with Crippen LogP contribution in [0.3, 0.4) is 0 Å². The number of aliphatic hydroxyl groups excluding tert-OH is 1. The Morgan fingerprint density at radius 1 is 1.00 bits per heavy atom. The second-order valence-electron chi connectivity index (χ2n) is 8.08. The van der Waals surface area contributed by atoms with Crippen molar-refractivity contribution in [2.45, 2.75) is 19.4 Å². The summed E-state index contributed by atoms with van der Waals surface area (Å²) in [5.41, 5.74) is 2.57. The predicted molar refractivity (Wildman–Crippen MR) is 126 cm³/mol. The number of carbonyl (C=O) groups excluding carboxylic acids is 2. The van der Waals surface area contributed by atoms with Crippen molar-refractivity contribution in [3.63, 3.8) is 0 Å². The van der Waals surface area contributed by atoms with Crippen molar-refractivity contribution in [2.24, 2.45) is 0 Å². The molecule has 170 valence electrons. The molecule has 0 spiro atoms. The lowest BCUT2D eigenvalue weighted by atomic mass is 9.95. The molecule has 1 amide bonds. The van der Waals surface area contributed by atoms with Crippen LogP contribution >= 0.6 is 12.4 Å². The minimum Gasteiger partial charge on any atom is -0.507 e. The van der Waals surface area contributed by atoms with Crippen LogP contribution in [0.1, 0.15) is 29.2 Å². The summed E-state index contributed by atoms with van der Waals surface area (Å²) in [6.45, 7) is 6.47. The summed E-state index contributed by atoms with van der Waals surface area (Å²) in [6.07, 6.45) is 0.751. The van der Waals surface area contributed by atoms with Crippen LogP contribution in [0.25, 0.3) is 5.76 Å². The summed E-state index contributed by atoms with van der Waals surface area (Å²) in [5.74, 6) is -1.30. The van der Waals surface area contributed by atoms with Crippen molar-refractivity contribution in [3.05, 3.63) is 76.9 Å². The predicted octanol–water partition coefficient (Wildman–Crippen LogP) is 3.56. The number of morpholine rings is 1. The number of nitrogens with zero attached hydrogens (tertiary/aromatic N) is 2. The molecule has 6 nitrogen and oxygen atoms in total. The van der Waals surface area contributed by atoms with Crippen LogP contribution in [-0.2, 0) is 14.3 Å². The minimum absolute atomic E-state index is 0. The molecule has 2 saturated heterocycles. The van der Waals surface area contributed by atoms with Gasteiger partial charge in [-0.05, 0) is 18.9 Å². The molecule has 0 aromatic heterocycles. The molecule has 2 aromatic carbocycles. The van der Waals surface area contributed by atoms with Gasteiger partial charge in [-0.25, -0.2) is 0 Å². The molecule has 32 heavy (non-hydrogen) atoms. The second kappa shape index (κ2) is 10.8. The maximum absolute atomic E-state index is 13.0. The Morgan fingerprint density at radius 3 is 2.31 bits per heavy atom. The number of aliphatic hydroxyl groups is 1. The van der Waals surface area contributed by atoms with E-state index in [0.717, 1.165) is 50.4 Å². The van der Waals surface area contributed by atoms with Gasteiger partial charge in [0.2, 0.25) is 0 Å². The number of carbonyl (C=O) groups is 2. The molecule has 2 aliphatic rings. The highest BCUT2D eigenvalue weighted by Gasteiger charge is 2.45. The third-order valence-electron chi connectivity index (χ3n) is 5.96. The molecule has 1 atom stereocenters. The van der Waals surface area contributed by atoms with Crippen molar-refractivity contribution in [1.82, 2.24) is 9.80 Å². The number of aryl methyl sites for hydroxylation is 1. The Kier molecular flexibility index (Phi) is 8.07. The van der Waals surface area contributed by atoms with Crippen molar-refractivity contribution >= 4 is 29.9 Å². The van der Waals surface area contributed by atoms with Crippen LogP contribution in [0.15, 0.2) is 60.2 Å². The molecule has 4 rings (SSSR count). The summed E-state index contributed by atoms with van der Waals surface area (Å²) in [4.78, 5) is 29.9. The quantitative estimate of drug-likeness (QED) is 0.409. The lowest BCUT2D eigenvalue weighted by Crippen LogP contribution is -2.38. The van der Waals surface area contributed by atoms with Crippen LogP contribution in [-0.4, -0.2) is 66.0 Å². The van der Waals surface area contributed by atoms with Crippen LogP contribution in [0, 0.1) is 6.92 Å². The Balaban J connectivity index is 0.00000289. The van der Waals surface area contributed by atoms with E-state index in [2.05, 4.69) is 4.90 Å². The third-order valence-corrected chi connectivity index (χ3v) is 5.96. The maximum Gasteiger partial charge on any atom is 0.295 e. The Hall–Kier alpha value is -2.67. The number of ketones is 1. The number of halogens is 1. The van der Waals surface area contributed by atoms with Gasteiger partial charge in [-0.3, -0.25) is 14.5 Å². The lowest BCUT2D eigenvalue weighted by molar-refractivity contribution is -0.140. The molecular formula is C25H29ClN2O4. The first-order valence-corrected chi connectivity index (χ1v) is 10.8. The normalized spacial score (nSPS) is 20.9. The molecule has 0 radical (unpaired) electrons. The highest BCUT2D eigenvalue weighted by Crippen LogP contribution is 2.39. The van der Waals surface area contributed by atoms with E-state index >= 15 is 0 Å². The Labute approximate surface area is 194 Å². The van der Waals surface area contributed by atoms with Gasteiger partial charge in [0, 0.05) is 31.7 Å². The molecule has 0 bridgehead atoms. The average molecular weight is 457 g/mol. The van der Waals surface area contributed by atoms with Gasteiger partial charge in [-0.1, -0.05) is 60.2 Å². The van der Waals surface area contributed by atoms with Gasteiger partial charge >= 0.3 is 0 Å². The first-order valence-electron chi connectivity index (χ1n) is 10.8. The summed E-state index contributed by atoms with van der Waals surface area (Å²) in [5, 5.41) is 11.0. The van der Waals surface area contributed by atoms with Crippen molar-refractivity contribution in [2.75, 3.05) is 39.4 Å². The van der Waals surface area contributed by atoms with E-state index in [0.29, 0.717) is 12.1 Å². The van der Waals surface area contributed by atoms with Gasteiger partial charge < -0.3 is 14.7 Å². The Morgan fingerprint density at radius 2 is 1.66 bits per heavy atom. The molecule has 1 N–H and O–H groups in total. The Bertz CT molecular complexity index is 969. The third kappa shape index (κ3) is 5.04. The number of hydrogen-bond donors (Lipinski definition) is 1. The van der Waals surface area contributed by atoms with E-state index in [-0.39, 0.29) is 23.7 Å². The summed E-state index contributed by atoms with van der Waals surface area (Å²) < 4.78 is 5.39. The summed E-state index contributed by atoms with van der Waals surface area (Å²) in [6, 6.07) is 16.2. The number of ether oxygens (including phenoxy) is 1. The fraction of sp³-hybridized carbons (Fsp3) is 0.360. The topological polar surface area (TPSA) is 70.1 Å². The molecule has 0 aliphatic carbocycles. The van der Waals surface area contributed by atoms with Crippen molar-refractivity contribution in [3.8, 4) is 0 Å². The van der Waals surface area contributed by atoms with Crippen LogP contribution in [0.5, 0.6) is 0 Å². The second-order valence-corrected chi connectivity index (χ2v) is 8.08. The number of Topliss-reactive ketones (excluding diaryl/α,β-unsaturated/α-hetero) is 1. The van der Waals surface area contributed by atoms with Crippen molar-refractivity contribution < 1.29 is 19.4 Å². The smallest absolute Gasteiger partial charge is 0.295 e. The zero-order chi connectivity index (χ0) is 21.8. The highest BCUT2D eigenvalue weighted by atomic mass is 35.5. The van der Waals surface area contributed by atoms with Crippen LogP contribution < -0.4 is 0 Å². The molecule has 7 heteroatoms. The molecular weight excluding hydrogens is 428 g/mol. The molecule has 2 aromatic rings.